The van der Waals surface area contributed by atoms with Gasteiger partial charge < -0.3 is 6.22 Å². The summed E-state index contributed by atoms with van der Waals surface area (Å²) in [6, 6.07) is 0. The molecule has 0 amide bonds. The van der Waals surface area contributed by atoms with E-state index < -0.39 is 0 Å². The molecular formula is C4H7LiO. The first-order valence-electron chi connectivity index (χ1n) is 1.89. The van der Waals surface area contributed by atoms with Gasteiger partial charge in [-0.05, 0) is 12.8 Å². The Bertz CT molecular complexity index is 53.7. The molecule has 0 aliphatic heterocycles. The molecule has 0 heterocycles. The van der Waals surface area contributed by atoms with Crippen LogP contribution >= 0.6 is 0 Å². The van der Waals surface area contributed by atoms with Gasteiger partial charge in [-0.1, -0.05) is 0 Å². The van der Waals surface area contributed by atoms with Gasteiger partial charge in [-0.2, -0.15) is 0 Å². The van der Waals surface area contributed by atoms with Crippen molar-refractivity contribution >= 4 is 6.29 Å². The number of hydrogen-bond acceptors (Lipinski definition) is 1. The summed E-state index contributed by atoms with van der Waals surface area (Å²) in [5.74, 6) is 0.454. The summed E-state index contributed by atoms with van der Waals surface area (Å²) in [4.78, 5) is 9.57. The minimum Gasteiger partial charge on any atom is -1.00 e. The van der Waals surface area contributed by atoms with Crippen molar-refractivity contribution in [3.63, 3.8) is 0 Å². The Kier molecular flexibility index (Phi) is 2.55. The van der Waals surface area contributed by atoms with E-state index in [0.717, 1.165) is 19.1 Å². The van der Waals surface area contributed by atoms with Crippen molar-refractivity contribution in [1.29, 1.82) is 0 Å². The van der Waals surface area contributed by atoms with Crippen LogP contribution in [0.15, 0.2) is 0 Å². The van der Waals surface area contributed by atoms with Crippen molar-refractivity contribution in [1.82, 2.24) is 0 Å². The molecule has 0 spiro atoms. The number of aldehydes is 1. The van der Waals surface area contributed by atoms with E-state index in [2.05, 4.69) is 0 Å². The number of carbonyl (C=O) groups is 1. The van der Waals surface area contributed by atoms with Crippen LogP contribution in [0.25, 0.3) is 0 Å². The fourth-order valence-electron chi connectivity index (χ4n) is 0.232. The number of carbonyl (C=O) groups excluding carboxylic acids is 1. The second kappa shape index (κ2) is 2.44. The molecule has 0 N–H and O–H groups in total. The van der Waals surface area contributed by atoms with E-state index >= 15 is 0 Å². The van der Waals surface area contributed by atoms with Crippen molar-refractivity contribution < 1.29 is 25.1 Å². The van der Waals surface area contributed by atoms with Crippen LogP contribution < -0.4 is 18.9 Å². The van der Waals surface area contributed by atoms with Crippen molar-refractivity contribution in [2.75, 3.05) is 0 Å². The normalized spacial score (nSPS) is 18.7. The number of hydrogen-bond donors (Lipinski definition) is 0. The Labute approximate surface area is 50.8 Å². The summed E-state index contributed by atoms with van der Waals surface area (Å²) in [6.45, 7) is 0. The largest absolute Gasteiger partial charge is 1.00 e. The van der Waals surface area contributed by atoms with Gasteiger partial charge >= 0.3 is 18.9 Å². The maximum Gasteiger partial charge on any atom is 1.00 e. The van der Waals surface area contributed by atoms with E-state index in [1.54, 1.807) is 0 Å². The van der Waals surface area contributed by atoms with Gasteiger partial charge in [-0.25, -0.2) is 0 Å². The molecule has 0 unspecified atom stereocenters. The maximum absolute atomic E-state index is 9.57. The predicted octanol–water partition coefficient (Wildman–Crippen LogP) is -2.29. The first kappa shape index (κ1) is 6.27. The van der Waals surface area contributed by atoms with Crippen molar-refractivity contribution in [2.24, 2.45) is 5.92 Å². The molecule has 30 valence electrons. The second-order valence-corrected chi connectivity index (χ2v) is 1.47. The topological polar surface area (TPSA) is 17.1 Å². The molecule has 1 nitrogen and oxygen atoms in total. The average molecular weight is 78.0 g/mol. The third-order valence-electron chi connectivity index (χ3n) is 0.814. The van der Waals surface area contributed by atoms with Gasteiger partial charge in [0.05, 0.1) is 0 Å². The van der Waals surface area contributed by atoms with Crippen molar-refractivity contribution in [2.45, 2.75) is 12.8 Å². The summed E-state index contributed by atoms with van der Waals surface area (Å²) < 4.78 is 0. The van der Waals surface area contributed by atoms with Crippen LogP contribution in [0.3, 0.4) is 0 Å². The van der Waals surface area contributed by atoms with Gasteiger partial charge in [0.1, 0.15) is 6.29 Å². The zero-order valence-electron chi connectivity index (χ0n) is 4.98. The molecule has 1 saturated carbocycles. The molecule has 0 aromatic rings. The summed E-state index contributed by atoms with van der Waals surface area (Å²) >= 11 is 0. The molecule has 0 saturated heterocycles. The first-order chi connectivity index (χ1) is 2.43. The van der Waals surface area contributed by atoms with Gasteiger partial charge in [0.25, 0.3) is 0 Å². The molecule has 0 atom stereocenters. The summed E-state index contributed by atoms with van der Waals surface area (Å²) in [7, 11) is 0. The van der Waals surface area contributed by atoms with Crippen LogP contribution in [0.2, 0.25) is 0 Å². The standard InChI is InChI=1S/C4H6O.Li.H/c5-3-4-1-2-4;;/h3-4H,1-2H2;;/q;+1;-1. The fourth-order valence-corrected chi connectivity index (χ4v) is 0.232. The Hall–Kier alpha value is 0.267. The van der Waals surface area contributed by atoms with E-state index in [9.17, 15) is 4.79 Å². The third-order valence-corrected chi connectivity index (χ3v) is 0.814. The predicted molar refractivity (Wildman–Crippen MR) is 19.9 cm³/mol. The van der Waals surface area contributed by atoms with Crippen molar-refractivity contribution in [3.8, 4) is 0 Å². The number of rotatable bonds is 1. The molecule has 6 heavy (non-hydrogen) atoms. The Morgan fingerprint density at radius 3 is 2.17 bits per heavy atom. The zero-order chi connectivity index (χ0) is 3.70. The molecular weight excluding hydrogens is 71.0 g/mol. The molecule has 1 rings (SSSR count). The first-order valence-corrected chi connectivity index (χ1v) is 1.89. The molecule has 1 aliphatic carbocycles. The zero-order valence-corrected chi connectivity index (χ0v) is 3.98. The smallest absolute Gasteiger partial charge is 1.00 e. The summed E-state index contributed by atoms with van der Waals surface area (Å²) in [5, 5.41) is 0. The fraction of sp³-hybridized carbons (Fsp3) is 0.750. The Balaban J connectivity index is 0. The molecule has 2 heteroatoms. The average Bonchev–Trinajstić information content (AvgIpc) is 2.12. The Morgan fingerprint density at radius 1 is 1.67 bits per heavy atom. The van der Waals surface area contributed by atoms with Crippen LogP contribution in [0.4, 0.5) is 0 Å². The van der Waals surface area contributed by atoms with E-state index in [1.165, 1.54) is 0 Å². The van der Waals surface area contributed by atoms with Crippen LogP contribution in [-0.2, 0) is 4.79 Å². The maximum atomic E-state index is 9.57. The molecule has 0 radical (unpaired) electrons. The molecule has 1 fully saturated rings. The van der Waals surface area contributed by atoms with Crippen LogP contribution in [0, 0.1) is 5.92 Å². The molecule has 1 aliphatic rings. The van der Waals surface area contributed by atoms with Gasteiger partial charge in [0, 0.05) is 5.92 Å². The quantitative estimate of drug-likeness (QED) is 0.255. The summed E-state index contributed by atoms with van der Waals surface area (Å²) in [5.41, 5.74) is 0. The van der Waals surface area contributed by atoms with Crippen molar-refractivity contribution in [3.05, 3.63) is 0 Å². The minimum absolute atomic E-state index is 0. The van der Waals surface area contributed by atoms with Crippen LogP contribution in [-0.4, -0.2) is 6.29 Å². The van der Waals surface area contributed by atoms with Gasteiger partial charge in [0.15, 0.2) is 0 Å². The van der Waals surface area contributed by atoms with E-state index in [-0.39, 0.29) is 20.3 Å². The van der Waals surface area contributed by atoms with Gasteiger partial charge in [0.2, 0.25) is 0 Å². The van der Waals surface area contributed by atoms with Gasteiger partial charge in [-0.3, -0.25) is 0 Å². The molecule has 0 aromatic carbocycles. The molecule has 0 bridgehead atoms. The SMILES string of the molecule is O=CC1CC1.[H-].[Li+]. The van der Waals surface area contributed by atoms with E-state index in [4.69, 9.17) is 0 Å². The van der Waals surface area contributed by atoms with E-state index in [1.807, 2.05) is 0 Å². The third kappa shape index (κ3) is 1.64. The minimum atomic E-state index is 0. The second-order valence-electron chi connectivity index (χ2n) is 1.47. The monoisotopic (exact) mass is 78.1 g/mol. The van der Waals surface area contributed by atoms with Gasteiger partial charge in [-0.15, -0.1) is 0 Å². The Morgan fingerprint density at radius 2 is 2.17 bits per heavy atom. The molecule has 0 aromatic heterocycles. The summed E-state index contributed by atoms with van der Waals surface area (Å²) in [6.07, 6.45) is 3.31. The van der Waals surface area contributed by atoms with Crippen LogP contribution in [0.5, 0.6) is 0 Å². The van der Waals surface area contributed by atoms with Crippen LogP contribution in [0.1, 0.15) is 14.3 Å². The van der Waals surface area contributed by atoms with E-state index in [0.29, 0.717) is 5.92 Å².